The molecule has 2 heterocycles. The van der Waals surface area contributed by atoms with Gasteiger partial charge < -0.3 is 9.80 Å². The summed E-state index contributed by atoms with van der Waals surface area (Å²) < 4.78 is 27.1. The number of nitrogens with zero attached hydrogens (tertiary/aromatic N) is 5. The summed E-state index contributed by atoms with van der Waals surface area (Å²) in [5.74, 6) is -0.308. The maximum Gasteiger partial charge on any atom is 0.234 e. The summed E-state index contributed by atoms with van der Waals surface area (Å²) in [5.41, 5.74) is 0.408. The maximum absolute atomic E-state index is 14.0. The zero-order chi connectivity index (χ0) is 17.1. The minimum absolute atomic E-state index is 0.130. The predicted octanol–water partition coefficient (Wildman–Crippen LogP) is 2.73. The van der Waals surface area contributed by atoms with E-state index in [1.807, 2.05) is 11.0 Å². The molecule has 0 N–H and O–H groups in total. The number of anilines is 2. The summed E-state index contributed by atoms with van der Waals surface area (Å²) in [7, 11) is 0. The van der Waals surface area contributed by atoms with Crippen molar-refractivity contribution in [2.24, 2.45) is 0 Å². The Bertz CT molecular complexity index is 774. The Labute approximate surface area is 139 Å². The van der Waals surface area contributed by atoms with Gasteiger partial charge in [0.1, 0.15) is 23.5 Å². The van der Waals surface area contributed by atoms with E-state index >= 15 is 0 Å². The van der Waals surface area contributed by atoms with E-state index in [1.165, 1.54) is 12.1 Å². The van der Waals surface area contributed by atoms with Crippen LogP contribution in [0.15, 0.2) is 30.5 Å². The lowest BCUT2D eigenvalue weighted by atomic mass is 10.2. The molecule has 1 aliphatic rings. The van der Waals surface area contributed by atoms with Gasteiger partial charge in [-0.3, -0.25) is 0 Å². The van der Waals surface area contributed by atoms with Gasteiger partial charge in [0.2, 0.25) is 5.82 Å². The Morgan fingerprint density at radius 2 is 2.04 bits per heavy atom. The third kappa shape index (κ3) is 3.27. The zero-order valence-electron chi connectivity index (χ0n) is 13.3. The highest BCUT2D eigenvalue weighted by atomic mass is 19.1. The molecule has 1 unspecified atom stereocenters. The summed E-state index contributed by atoms with van der Waals surface area (Å²) in [4.78, 5) is 12.1. The van der Waals surface area contributed by atoms with Gasteiger partial charge in [0.15, 0.2) is 0 Å². The minimum Gasteiger partial charge on any atom is -0.367 e. The highest BCUT2D eigenvalue weighted by Gasteiger charge is 2.23. The smallest absolute Gasteiger partial charge is 0.234 e. The third-order valence-electron chi connectivity index (χ3n) is 4.25. The van der Waals surface area contributed by atoms with Crippen molar-refractivity contribution in [3.63, 3.8) is 0 Å². The highest BCUT2D eigenvalue weighted by molar-refractivity contribution is 5.49. The number of hydrogen-bond donors (Lipinski definition) is 0. The molecule has 1 aliphatic heterocycles. The summed E-state index contributed by atoms with van der Waals surface area (Å²) in [5, 5.41) is 8.95. The highest BCUT2D eigenvalue weighted by Crippen LogP contribution is 2.25. The standard InChI is InChI=1S/C17H17F2N5/c1-12-5-7-23(15-3-2-13(18)10-14(15)19)8-9-24(12)17-4-6-21-16(11-20)22-17/h2-4,6,10,12H,5,7-9H2,1H3. The van der Waals surface area contributed by atoms with Crippen LogP contribution in [-0.4, -0.2) is 35.6 Å². The number of halogens is 2. The van der Waals surface area contributed by atoms with Crippen LogP contribution in [0.5, 0.6) is 0 Å². The molecule has 7 heteroatoms. The number of nitriles is 1. The van der Waals surface area contributed by atoms with Gasteiger partial charge in [-0.1, -0.05) is 0 Å². The third-order valence-corrected chi connectivity index (χ3v) is 4.25. The Balaban J connectivity index is 1.81. The molecule has 24 heavy (non-hydrogen) atoms. The summed E-state index contributed by atoms with van der Waals surface area (Å²) in [6, 6.07) is 7.55. The van der Waals surface area contributed by atoms with Crippen molar-refractivity contribution in [1.82, 2.24) is 9.97 Å². The number of hydrogen-bond acceptors (Lipinski definition) is 5. The van der Waals surface area contributed by atoms with Crippen LogP contribution in [-0.2, 0) is 0 Å². The lowest BCUT2D eigenvalue weighted by Crippen LogP contribution is -2.35. The largest absolute Gasteiger partial charge is 0.367 e. The summed E-state index contributed by atoms with van der Waals surface area (Å²) in [6.07, 6.45) is 2.36. The first-order chi connectivity index (χ1) is 11.6. The van der Waals surface area contributed by atoms with Gasteiger partial charge in [-0.05, 0) is 31.5 Å². The summed E-state index contributed by atoms with van der Waals surface area (Å²) >= 11 is 0. The van der Waals surface area contributed by atoms with Gasteiger partial charge in [-0.25, -0.2) is 18.7 Å². The number of rotatable bonds is 2. The quantitative estimate of drug-likeness (QED) is 0.848. The Kier molecular flexibility index (Phi) is 4.56. The predicted molar refractivity (Wildman–Crippen MR) is 86.7 cm³/mol. The van der Waals surface area contributed by atoms with Crippen LogP contribution in [0.1, 0.15) is 19.2 Å². The van der Waals surface area contributed by atoms with Crippen LogP contribution in [0, 0.1) is 23.0 Å². The maximum atomic E-state index is 14.0. The molecule has 1 aromatic carbocycles. The van der Waals surface area contributed by atoms with Crippen molar-refractivity contribution in [2.75, 3.05) is 29.4 Å². The van der Waals surface area contributed by atoms with Gasteiger partial charge in [0, 0.05) is 37.9 Å². The normalized spacial score (nSPS) is 18.2. The van der Waals surface area contributed by atoms with Gasteiger partial charge in [-0.15, -0.1) is 0 Å². The minimum atomic E-state index is -0.578. The van der Waals surface area contributed by atoms with E-state index < -0.39 is 11.6 Å². The molecule has 1 saturated heterocycles. The molecule has 1 aromatic heterocycles. The van der Waals surface area contributed by atoms with Crippen LogP contribution < -0.4 is 9.80 Å². The van der Waals surface area contributed by atoms with E-state index in [0.717, 1.165) is 12.5 Å². The molecule has 3 rings (SSSR count). The molecule has 0 bridgehead atoms. The van der Waals surface area contributed by atoms with Crippen LogP contribution in [0.4, 0.5) is 20.3 Å². The second-order valence-corrected chi connectivity index (χ2v) is 5.76. The molecule has 1 fully saturated rings. The SMILES string of the molecule is CC1CCN(c2ccc(F)cc2F)CCN1c1ccnc(C#N)n1. The molecule has 5 nitrogen and oxygen atoms in total. The molecule has 1 atom stereocenters. The van der Waals surface area contributed by atoms with E-state index in [-0.39, 0.29) is 11.9 Å². The van der Waals surface area contributed by atoms with Crippen LogP contribution in [0.25, 0.3) is 0 Å². The Hall–Kier alpha value is -2.75. The van der Waals surface area contributed by atoms with Crippen molar-refractivity contribution in [1.29, 1.82) is 5.26 Å². The van der Waals surface area contributed by atoms with Gasteiger partial charge >= 0.3 is 0 Å². The van der Waals surface area contributed by atoms with Crippen LogP contribution in [0.3, 0.4) is 0 Å². The topological polar surface area (TPSA) is 56.0 Å². The molecule has 0 amide bonds. The average Bonchev–Trinajstić information content (AvgIpc) is 2.77. The van der Waals surface area contributed by atoms with Gasteiger partial charge in [0.25, 0.3) is 0 Å². The molecule has 0 radical (unpaired) electrons. The molecule has 124 valence electrons. The number of benzene rings is 1. The first kappa shape index (κ1) is 16.1. The average molecular weight is 329 g/mol. The van der Waals surface area contributed by atoms with E-state index in [2.05, 4.69) is 21.8 Å². The van der Waals surface area contributed by atoms with E-state index in [4.69, 9.17) is 5.26 Å². The fourth-order valence-electron chi connectivity index (χ4n) is 2.94. The van der Waals surface area contributed by atoms with E-state index in [9.17, 15) is 8.78 Å². The van der Waals surface area contributed by atoms with Gasteiger partial charge in [0.05, 0.1) is 5.69 Å². The van der Waals surface area contributed by atoms with Crippen molar-refractivity contribution >= 4 is 11.5 Å². The van der Waals surface area contributed by atoms with Crippen molar-refractivity contribution in [2.45, 2.75) is 19.4 Å². The molecule has 2 aromatic rings. The molecule has 0 saturated carbocycles. The Morgan fingerprint density at radius 1 is 1.21 bits per heavy atom. The first-order valence-corrected chi connectivity index (χ1v) is 7.78. The zero-order valence-corrected chi connectivity index (χ0v) is 13.3. The lowest BCUT2D eigenvalue weighted by Gasteiger charge is -2.27. The van der Waals surface area contributed by atoms with Crippen molar-refractivity contribution < 1.29 is 8.78 Å². The Morgan fingerprint density at radius 3 is 2.79 bits per heavy atom. The van der Waals surface area contributed by atoms with Crippen molar-refractivity contribution in [3.05, 3.63) is 47.9 Å². The summed E-state index contributed by atoms with van der Waals surface area (Å²) in [6.45, 7) is 3.94. The monoisotopic (exact) mass is 329 g/mol. The van der Waals surface area contributed by atoms with Crippen LogP contribution >= 0.6 is 0 Å². The van der Waals surface area contributed by atoms with E-state index in [0.29, 0.717) is 31.1 Å². The van der Waals surface area contributed by atoms with E-state index in [1.54, 1.807) is 12.3 Å². The van der Waals surface area contributed by atoms with Crippen molar-refractivity contribution in [3.8, 4) is 6.07 Å². The second kappa shape index (κ2) is 6.79. The first-order valence-electron chi connectivity index (χ1n) is 7.78. The molecular formula is C17H17F2N5. The number of aromatic nitrogens is 2. The second-order valence-electron chi connectivity index (χ2n) is 5.76. The lowest BCUT2D eigenvalue weighted by molar-refractivity contribution is 0.578. The fourth-order valence-corrected chi connectivity index (χ4v) is 2.94. The molecular weight excluding hydrogens is 312 g/mol. The van der Waals surface area contributed by atoms with Gasteiger partial charge in [-0.2, -0.15) is 5.26 Å². The van der Waals surface area contributed by atoms with Crippen LogP contribution in [0.2, 0.25) is 0 Å². The molecule has 0 spiro atoms. The fraction of sp³-hybridized carbons (Fsp3) is 0.353. The molecule has 0 aliphatic carbocycles.